The zero-order valence-corrected chi connectivity index (χ0v) is 14.8. The normalized spacial score (nSPS) is 20.4. The first-order valence-electron chi connectivity index (χ1n) is 7.47. The van der Waals surface area contributed by atoms with Crippen LogP contribution in [0.3, 0.4) is 0 Å². The highest BCUT2D eigenvalue weighted by atomic mass is 35.5. The molecular weight excluding hydrogens is 347 g/mol. The Morgan fingerprint density at radius 1 is 1.04 bits per heavy atom. The van der Waals surface area contributed by atoms with Crippen LogP contribution in [0.25, 0.3) is 0 Å². The molecule has 0 unspecified atom stereocenters. The second kappa shape index (κ2) is 6.11. The summed E-state index contributed by atoms with van der Waals surface area (Å²) in [7, 11) is 0. The van der Waals surface area contributed by atoms with Gasteiger partial charge in [0.2, 0.25) is 0 Å². The molecule has 2 aromatic carbocycles. The Hall–Kier alpha value is -2.04. The molecule has 3 amide bonds. The van der Waals surface area contributed by atoms with Crippen LogP contribution in [-0.4, -0.2) is 16.8 Å². The Balaban J connectivity index is 1.93. The molecule has 1 atom stereocenters. The van der Waals surface area contributed by atoms with E-state index in [1.54, 1.807) is 25.1 Å². The van der Waals surface area contributed by atoms with Gasteiger partial charge in [-0.2, -0.15) is 0 Å². The van der Waals surface area contributed by atoms with Crippen molar-refractivity contribution in [2.75, 3.05) is 0 Å². The first kappa shape index (κ1) is 16.8. The molecule has 1 aliphatic rings. The highest BCUT2D eigenvalue weighted by Gasteiger charge is 2.49. The van der Waals surface area contributed by atoms with Crippen molar-refractivity contribution in [3.05, 3.63) is 69.2 Å². The summed E-state index contributed by atoms with van der Waals surface area (Å²) in [5.74, 6) is -0.327. The molecule has 6 heteroatoms. The van der Waals surface area contributed by atoms with Crippen LogP contribution in [0, 0.1) is 6.92 Å². The topological polar surface area (TPSA) is 49.4 Å². The van der Waals surface area contributed by atoms with E-state index in [4.69, 9.17) is 23.2 Å². The number of nitrogens with zero attached hydrogens (tertiary/aromatic N) is 1. The summed E-state index contributed by atoms with van der Waals surface area (Å²) in [6.07, 6.45) is 0. The summed E-state index contributed by atoms with van der Waals surface area (Å²) >= 11 is 12.3. The lowest BCUT2D eigenvalue weighted by atomic mass is 9.91. The highest BCUT2D eigenvalue weighted by molar-refractivity contribution is 6.36. The second-order valence-corrected chi connectivity index (χ2v) is 6.83. The minimum atomic E-state index is -1.10. The van der Waals surface area contributed by atoms with Gasteiger partial charge in [0, 0.05) is 15.6 Å². The zero-order chi connectivity index (χ0) is 17.5. The predicted octanol–water partition coefficient (Wildman–Crippen LogP) is 4.27. The van der Waals surface area contributed by atoms with E-state index in [1.807, 2.05) is 31.2 Å². The van der Waals surface area contributed by atoms with Crippen molar-refractivity contribution in [1.82, 2.24) is 10.2 Å². The van der Waals surface area contributed by atoms with E-state index < -0.39 is 11.6 Å². The molecule has 0 spiro atoms. The van der Waals surface area contributed by atoms with Gasteiger partial charge in [-0.1, -0.05) is 59.1 Å². The van der Waals surface area contributed by atoms with Crippen molar-refractivity contribution in [2.45, 2.75) is 25.9 Å². The predicted molar refractivity (Wildman–Crippen MR) is 94.1 cm³/mol. The van der Waals surface area contributed by atoms with Gasteiger partial charge in [-0.15, -0.1) is 0 Å². The molecule has 1 aliphatic heterocycles. The molecule has 0 saturated carbocycles. The molecular formula is C18H16Cl2N2O2. The first-order valence-corrected chi connectivity index (χ1v) is 8.22. The maximum Gasteiger partial charge on any atom is 0.325 e. The molecule has 1 N–H and O–H groups in total. The van der Waals surface area contributed by atoms with E-state index in [-0.39, 0.29) is 12.5 Å². The van der Waals surface area contributed by atoms with Crippen molar-refractivity contribution < 1.29 is 9.59 Å². The number of hydrogen-bond donors (Lipinski definition) is 1. The lowest BCUT2D eigenvalue weighted by molar-refractivity contribution is -0.131. The summed E-state index contributed by atoms with van der Waals surface area (Å²) in [5.41, 5.74) is 1.27. The molecule has 3 rings (SSSR count). The van der Waals surface area contributed by atoms with E-state index in [1.165, 1.54) is 0 Å². The maximum atomic E-state index is 12.9. The summed E-state index contributed by atoms with van der Waals surface area (Å²) in [4.78, 5) is 26.4. The summed E-state index contributed by atoms with van der Waals surface area (Å²) in [5, 5.41) is 3.62. The van der Waals surface area contributed by atoms with Crippen molar-refractivity contribution >= 4 is 35.1 Å². The molecule has 4 nitrogen and oxygen atoms in total. The fourth-order valence-corrected chi connectivity index (χ4v) is 3.28. The van der Waals surface area contributed by atoms with Gasteiger partial charge in [-0.05, 0) is 31.5 Å². The molecule has 1 fully saturated rings. The molecule has 1 heterocycles. The van der Waals surface area contributed by atoms with Crippen molar-refractivity contribution in [2.24, 2.45) is 0 Å². The van der Waals surface area contributed by atoms with Gasteiger partial charge in [0.05, 0.1) is 6.54 Å². The SMILES string of the molecule is Cc1ccc([C@]2(C)NC(=O)N(Cc3c(Cl)cccc3Cl)C2=O)cc1. The number of carbonyl (C=O) groups is 2. The number of halogens is 2. The lowest BCUT2D eigenvalue weighted by Crippen LogP contribution is -2.40. The standard InChI is InChI=1S/C18H16Cl2N2O2/c1-11-6-8-12(9-7-11)18(2)16(23)22(17(24)21-18)10-13-14(19)4-3-5-15(13)20/h3-9H,10H2,1-2H3,(H,21,24)/t18-/m0/s1. The largest absolute Gasteiger partial charge is 0.325 e. The van der Waals surface area contributed by atoms with Gasteiger partial charge in [-0.3, -0.25) is 9.69 Å². The number of nitrogens with one attached hydrogen (secondary N) is 1. The molecule has 124 valence electrons. The lowest BCUT2D eigenvalue weighted by Gasteiger charge is -2.22. The van der Waals surface area contributed by atoms with Crippen molar-refractivity contribution in [3.8, 4) is 0 Å². The number of aryl methyl sites for hydroxylation is 1. The number of imide groups is 1. The number of benzene rings is 2. The third-order valence-electron chi connectivity index (χ3n) is 4.28. The van der Waals surface area contributed by atoms with Crippen LogP contribution in [0.1, 0.15) is 23.6 Å². The third kappa shape index (κ3) is 2.76. The van der Waals surface area contributed by atoms with Crippen LogP contribution in [0.15, 0.2) is 42.5 Å². The van der Waals surface area contributed by atoms with E-state index >= 15 is 0 Å². The Kier molecular flexibility index (Phi) is 4.28. The molecule has 0 radical (unpaired) electrons. The van der Waals surface area contributed by atoms with E-state index in [0.717, 1.165) is 16.0 Å². The summed E-state index contributed by atoms with van der Waals surface area (Å²) in [6, 6.07) is 12.1. The van der Waals surface area contributed by atoms with Crippen LogP contribution in [0.5, 0.6) is 0 Å². The molecule has 2 aromatic rings. The van der Waals surface area contributed by atoms with Crippen molar-refractivity contribution in [1.29, 1.82) is 0 Å². The van der Waals surface area contributed by atoms with Gasteiger partial charge < -0.3 is 5.32 Å². The van der Waals surface area contributed by atoms with Gasteiger partial charge in [0.1, 0.15) is 5.54 Å². The average molecular weight is 363 g/mol. The Bertz CT molecular complexity index is 800. The first-order chi connectivity index (χ1) is 11.3. The van der Waals surface area contributed by atoms with Crippen LogP contribution in [-0.2, 0) is 16.9 Å². The van der Waals surface area contributed by atoms with Crippen LogP contribution < -0.4 is 5.32 Å². The minimum Gasteiger partial charge on any atom is -0.319 e. The number of hydrogen-bond acceptors (Lipinski definition) is 2. The van der Waals surface area contributed by atoms with E-state index in [2.05, 4.69) is 5.32 Å². The number of carbonyl (C=O) groups excluding carboxylic acids is 2. The number of rotatable bonds is 3. The van der Waals surface area contributed by atoms with Gasteiger partial charge in [0.25, 0.3) is 5.91 Å². The Labute approximate surface area is 150 Å². The van der Waals surface area contributed by atoms with E-state index in [0.29, 0.717) is 15.6 Å². The van der Waals surface area contributed by atoms with Crippen LogP contribution in [0.2, 0.25) is 10.0 Å². The second-order valence-electron chi connectivity index (χ2n) is 6.01. The fraction of sp³-hybridized carbons (Fsp3) is 0.222. The van der Waals surface area contributed by atoms with Gasteiger partial charge in [0.15, 0.2) is 0 Å². The molecule has 0 bridgehead atoms. The van der Waals surface area contributed by atoms with Gasteiger partial charge in [-0.25, -0.2) is 4.79 Å². The van der Waals surface area contributed by atoms with E-state index in [9.17, 15) is 9.59 Å². The van der Waals surface area contributed by atoms with Gasteiger partial charge >= 0.3 is 6.03 Å². The zero-order valence-electron chi connectivity index (χ0n) is 13.3. The van der Waals surface area contributed by atoms with Crippen LogP contribution in [0.4, 0.5) is 4.79 Å². The molecule has 0 aliphatic carbocycles. The maximum absolute atomic E-state index is 12.9. The molecule has 1 saturated heterocycles. The smallest absolute Gasteiger partial charge is 0.319 e. The third-order valence-corrected chi connectivity index (χ3v) is 4.99. The molecule has 0 aromatic heterocycles. The Morgan fingerprint density at radius 3 is 2.21 bits per heavy atom. The average Bonchev–Trinajstić information content (AvgIpc) is 2.75. The number of urea groups is 1. The van der Waals surface area contributed by atoms with Crippen LogP contribution >= 0.6 is 23.2 Å². The number of amides is 3. The quantitative estimate of drug-likeness (QED) is 0.828. The van der Waals surface area contributed by atoms with Crippen molar-refractivity contribution in [3.63, 3.8) is 0 Å². The summed E-state index contributed by atoms with van der Waals surface area (Å²) < 4.78 is 0. The monoisotopic (exact) mass is 362 g/mol. The minimum absolute atomic E-state index is 0.0324. The molecule has 24 heavy (non-hydrogen) atoms. The Morgan fingerprint density at radius 2 is 1.62 bits per heavy atom. The fourth-order valence-electron chi connectivity index (χ4n) is 2.76. The summed E-state index contributed by atoms with van der Waals surface area (Å²) in [6.45, 7) is 3.70. The highest BCUT2D eigenvalue weighted by Crippen LogP contribution is 2.32.